The zero-order valence-corrected chi connectivity index (χ0v) is 11.6. The molecule has 7 nitrogen and oxygen atoms in total. The molecule has 0 saturated carbocycles. The number of aryl methyl sites for hydroxylation is 1. The minimum Gasteiger partial charge on any atom is -0.481 e. The van der Waals surface area contributed by atoms with Gasteiger partial charge in [-0.1, -0.05) is 29.8 Å². The summed E-state index contributed by atoms with van der Waals surface area (Å²) in [6.07, 6.45) is -0.0631. The summed E-state index contributed by atoms with van der Waals surface area (Å²) in [6.45, 7) is 2.29. The normalized spacial score (nSPS) is 11.5. The summed E-state index contributed by atoms with van der Waals surface area (Å²) in [4.78, 5) is 32.8. The Bertz CT molecular complexity index is 530. The van der Waals surface area contributed by atoms with Gasteiger partial charge in [-0.2, -0.15) is 0 Å². The van der Waals surface area contributed by atoms with E-state index in [1.54, 1.807) is 0 Å². The third-order valence-corrected chi connectivity index (χ3v) is 2.76. The van der Waals surface area contributed by atoms with Crippen LogP contribution in [0.5, 0.6) is 0 Å². The summed E-state index contributed by atoms with van der Waals surface area (Å²) in [5.41, 5.74) is 2.17. The summed E-state index contributed by atoms with van der Waals surface area (Å²) >= 11 is 0. The van der Waals surface area contributed by atoms with Crippen molar-refractivity contribution >= 4 is 18.0 Å². The molecule has 0 aromatic heterocycles. The van der Waals surface area contributed by atoms with Crippen LogP contribution in [0.25, 0.3) is 0 Å². The number of hydrogen-bond donors (Lipinski definition) is 4. The van der Waals surface area contributed by atoms with Crippen LogP contribution in [0.3, 0.4) is 0 Å². The first-order valence-corrected chi connectivity index (χ1v) is 6.43. The number of aliphatic carboxylic acids is 2. The van der Waals surface area contributed by atoms with E-state index >= 15 is 0 Å². The van der Waals surface area contributed by atoms with Crippen LogP contribution in [-0.4, -0.2) is 40.8 Å². The van der Waals surface area contributed by atoms with Gasteiger partial charge in [-0.25, -0.2) is 9.59 Å². The molecule has 0 spiro atoms. The summed E-state index contributed by atoms with van der Waals surface area (Å²) in [5, 5.41) is 22.0. The van der Waals surface area contributed by atoms with E-state index in [2.05, 4.69) is 10.6 Å². The third kappa shape index (κ3) is 6.42. The van der Waals surface area contributed by atoms with E-state index < -0.39 is 30.4 Å². The summed E-state index contributed by atoms with van der Waals surface area (Å²) < 4.78 is 0. The van der Waals surface area contributed by atoms with Gasteiger partial charge in [-0.3, -0.25) is 4.79 Å². The lowest BCUT2D eigenvalue weighted by Gasteiger charge is -2.13. The molecule has 1 aromatic rings. The molecule has 1 rings (SSSR count). The second-order valence-electron chi connectivity index (χ2n) is 4.63. The Hall–Kier alpha value is -2.57. The van der Waals surface area contributed by atoms with E-state index in [1.807, 2.05) is 31.2 Å². The van der Waals surface area contributed by atoms with Gasteiger partial charge in [0.05, 0.1) is 6.42 Å². The molecular weight excluding hydrogens is 276 g/mol. The van der Waals surface area contributed by atoms with Crippen molar-refractivity contribution in [3.8, 4) is 0 Å². The van der Waals surface area contributed by atoms with Crippen molar-refractivity contribution in [1.82, 2.24) is 10.6 Å². The average molecular weight is 294 g/mol. The fourth-order valence-corrected chi connectivity index (χ4v) is 1.77. The van der Waals surface area contributed by atoms with Crippen LogP contribution >= 0.6 is 0 Å². The second-order valence-corrected chi connectivity index (χ2v) is 4.63. The van der Waals surface area contributed by atoms with E-state index in [-0.39, 0.29) is 0 Å². The number of hydrogen-bond acceptors (Lipinski definition) is 3. The van der Waals surface area contributed by atoms with Gasteiger partial charge in [0, 0.05) is 6.54 Å². The van der Waals surface area contributed by atoms with Gasteiger partial charge in [0.25, 0.3) is 0 Å². The van der Waals surface area contributed by atoms with Crippen LogP contribution in [0.1, 0.15) is 17.5 Å². The minimum atomic E-state index is -1.44. The number of carbonyl (C=O) groups excluding carboxylic acids is 1. The minimum absolute atomic E-state index is 0.328. The largest absolute Gasteiger partial charge is 0.481 e. The standard InChI is InChI=1S/C14H18N2O5/c1-9-3-2-4-10(7-9)5-6-15-14(21)16-11(13(19)20)8-12(17)18/h2-4,7,11H,5-6,8H2,1H3,(H,17,18)(H,19,20)(H2,15,16,21)/t11-/m1/s1. The monoisotopic (exact) mass is 294 g/mol. The molecule has 0 fully saturated rings. The molecular formula is C14H18N2O5. The Morgan fingerprint density at radius 1 is 1.24 bits per heavy atom. The first-order valence-electron chi connectivity index (χ1n) is 6.43. The molecule has 0 saturated heterocycles. The lowest BCUT2D eigenvalue weighted by atomic mass is 10.1. The molecule has 0 unspecified atom stereocenters. The number of nitrogens with one attached hydrogen (secondary N) is 2. The molecule has 0 aliphatic heterocycles. The lowest BCUT2D eigenvalue weighted by molar-refractivity contribution is -0.145. The number of amides is 2. The number of urea groups is 1. The molecule has 0 aliphatic rings. The molecule has 1 aromatic carbocycles. The summed E-state index contributed by atoms with van der Waals surface area (Å²) in [6, 6.07) is 5.66. The van der Waals surface area contributed by atoms with E-state index in [0.717, 1.165) is 11.1 Å². The first-order chi connectivity index (χ1) is 9.88. The van der Waals surface area contributed by atoms with Gasteiger partial charge >= 0.3 is 18.0 Å². The Morgan fingerprint density at radius 2 is 1.95 bits per heavy atom. The van der Waals surface area contributed by atoms with E-state index in [9.17, 15) is 14.4 Å². The number of carboxylic acid groups (broad SMARTS) is 2. The quantitative estimate of drug-likeness (QED) is 0.592. The van der Waals surface area contributed by atoms with Gasteiger partial charge in [0.2, 0.25) is 0 Å². The Morgan fingerprint density at radius 3 is 2.52 bits per heavy atom. The van der Waals surface area contributed by atoms with Gasteiger partial charge in [-0.15, -0.1) is 0 Å². The molecule has 0 radical (unpaired) electrons. The molecule has 0 heterocycles. The maximum absolute atomic E-state index is 11.5. The van der Waals surface area contributed by atoms with Gasteiger partial charge in [0.1, 0.15) is 6.04 Å². The maximum atomic E-state index is 11.5. The molecule has 0 aliphatic carbocycles. The predicted octanol–water partition coefficient (Wildman–Crippen LogP) is 0.765. The Kier molecular flexibility index (Phi) is 6.19. The van der Waals surface area contributed by atoms with Crippen LogP contribution in [0.4, 0.5) is 4.79 Å². The maximum Gasteiger partial charge on any atom is 0.326 e. The Labute approximate surface area is 122 Å². The molecule has 7 heteroatoms. The zero-order valence-electron chi connectivity index (χ0n) is 11.6. The van der Waals surface area contributed by atoms with E-state index in [1.165, 1.54) is 0 Å². The van der Waals surface area contributed by atoms with Crippen LogP contribution in [0.2, 0.25) is 0 Å². The average Bonchev–Trinajstić information content (AvgIpc) is 2.37. The summed E-state index contributed by atoms with van der Waals surface area (Å²) in [5.74, 6) is -2.67. The SMILES string of the molecule is Cc1cccc(CCNC(=O)N[C@H](CC(=O)O)C(=O)O)c1. The van der Waals surface area contributed by atoms with E-state index in [0.29, 0.717) is 13.0 Å². The highest BCUT2D eigenvalue weighted by molar-refractivity contribution is 5.86. The number of rotatable bonds is 7. The molecule has 21 heavy (non-hydrogen) atoms. The number of carboxylic acids is 2. The molecule has 114 valence electrons. The highest BCUT2D eigenvalue weighted by Crippen LogP contribution is 2.03. The van der Waals surface area contributed by atoms with Crippen molar-refractivity contribution in [1.29, 1.82) is 0 Å². The van der Waals surface area contributed by atoms with Crippen molar-refractivity contribution in [3.05, 3.63) is 35.4 Å². The molecule has 4 N–H and O–H groups in total. The third-order valence-electron chi connectivity index (χ3n) is 2.76. The fourth-order valence-electron chi connectivity index (χ4n) is 1.77. The molecule has 2 amide bonds. The smallest absolute Gasteiger partial charge is 0.326 e. The van der Waals surface area contributed by atoms with Crippen LogP contribution in [-0.2, 0) is 16.0 Å². The lowest BCUT2D eigenvalue weighted by Crippen LogP contribution is -2.47. The molecule has 1 atom stereocenters. The topological polar surface area (TPSA) is 116 Å². The summed E-state index contributed by atoms with van der Waals surface area (Å²) in [7, 11) is 0. The highest BCUT2D eigenvalue weighted by atomic mass is 16.4. The zero-order chi connectivity index (χ0) is 15.8. The number of carbonyl (C=O) groups is 3. The van der Waals surface area contributed by atoms with Crippen molar-refractivity contribution in [2.45, 2.75) is 25.8 Å². The van der Waals surface area contributed by atoms with Crippen LogP contribution < -0.4 is 10.6 Å². The number of benzene rings is 1. The molecule has 0 bridgehead atoms. The van der Waals surface area contributed by atoms with Gasteiger partial charge in [-0.05, 0) is 18.9 Å². The first kappa shape index (κ1) is 16.5. The van der Waals surface area contributed by atoms with Crippen molar-refractivity contribution in [3.63, 3.8) is 0 Å². The fraction of sp³-hybridized carbons (Fsp3) is 0.357. The highest BCUT2D eigenvalue weighted by Gasteiger charge is 2.22. The van der Waals surface area contributed by atoms with Gasteiger partial charge < -0.3 is 20.8 Å². The van der Waals surface area contributed by atoms with Crippen molar-refractivity contribution < 1.29 is 24.6 Å². The van der Waals surface area contributed by atoms with Crippen molar-refractivity contribution in [2.24, 2.45) is 0 Å². The second kappa shape index (κ2) is 7.88. The van der Waals surface area contributed by atoms with Crippen LogP contribution in [0, 0.1) is 6.92 Å². The predicted molar refractivity (Wildman–Crippen MR) is 75.1 cm³/mol. The Balaban J connectivity index is 2.39. The van der Waals surface area contributed by atoms with Gasteiger partial charge in [0.15, 0.2) is 0 Å². The van der Waals surface area contributed by atoms with E-state index in [4.69, 9.17) is 10.2 Å². The van der Waals surface area contributed by atoms with Crippen LogP contribution in [0.15, 0.2) is 24.3 Å². The van der Waals surface area contributed by atoms with Crippen molar-refractivity contribution in [2.75, 3.05) is 6.54 Å².